The molecule has 0 saturated heterocycles. The largest absolute Gasteiger partial charge is 0.454 e. The van der Waals surface area contributed by atoms with Gasteiger partial charge in [0, 0.05) is 11.3 Å². The monoisotopic (exact) mass is 368 g/mol. The summed E-state index contributed by atoms with van der Waals surface area (Å²) in [4.78, 5) is 35.7. The lowest BCUT2D eigenvalue weighted by Gasteiger charge is -2.09. The van der Waals surface area contributed by atoms with E-state index in [-0.39, 0.29) is 12.5 Å². The van der Waals surface area contributed by atoms with Crippen molar-refractivity contribution in [1.29, 1.82) is 0 Å². The van der Waals surface area contributed by atoms with Crippen LogP contribution in [-0.2, 0) is 14.3 Å². The van der Waals surface area contributed by atoms with Crippen molar-refractivity contribution < 1.29 is 19.1 Å². The zero-order chi connectivity index (χ0) is 20.0. The van der Waals surface area contributed by atoms with Gasteiger partial charge in [0.2, 0.25) is 0 Å². The summed E-state index contributed by atoms with van der Waals surface area (Å²) in [6.07, 6.45) is 0. The van der Waals surface area contributed by atoms with Crippen molar-refractivity contribution in [2.24, 2.45) is 0 Å². The summed E-state index contributed by atoms with van der Waals surface area (Å²) >= 11 is 0. The van der Waals surface area contributed by atoms with E-state index in [1.54, 1.807) is 12.1 Å². The molecule has 6 nitrogen and oxygen atoms in total. The molecule has 0 aliphatic carbocycles. The second-order valence-electron chi connectivity index (χ2n) is 6.57. The quantitative estimate of drug-likeness (QED) is 0.768. The molecule has 0 atom stereocenters. The van der Waals surface area contributed by atoms with E-state index in [9.17, 15) is 14.4 Å². The molecule has 27 heavy (non-hydrogen) atoms. The van der Waals surface area contributed by atoms with Crippen molar-refractivity contribution in [3.63, 3.8) is 0 Å². The summed E-state index contributed by atoms with van der Waals surface area (Å²) < 4.78 is 4.90. The van der Waals surface area contributed by atoms with Crippen LogP contribution in [0.1, 0.15) is 32.6 Å². The molecule has 2 rings (SSSR count). The lowest BCUT2D eigenvalue weighted by molar-refractivity contribution is -0.146. The van der Waals surface area contributed by atoms with Crippen molar-refractivity contribution >= 4 is 23.5 Å². The zero-order valence-corrected chi connectivity index (χ0v) is 16.0. The zero-order valence-electron chi connectivity index (χ0n) is 16.0. The van der Waals surface area contributed by atoms with Crippen molar-refractivity contribution in [2.75, 3.05) is 18.5 Å². The lowest BCUT2D eigenvalue weighted by Crippen LogP contribution is -2.32. The van der Waals surface area contributed by atoms with Gasteiger partial charge in [-0.05, 0) is 74.2 Å². The second kappa shape index (κ2) is 8.98. The van der Waals surface area contributed by atoms with E-state index < -0.39 is 18.5 Å². The number of anilines is 1. The van der Waals surface area contributed by atoms with Gasteiger partial charge in [-0.3, -0.25) is 14.4 Å². The topological polar surface area (TPSA) is 84.5 Å². The third-order valence-electron chi connectivity index (χ3n) is 4.03. The Morgan fingerprint density at radius 3 is 2.19 bits per heavy atom. The molecule has 2 aromatic carbocycles. The van der Waals surface area contributed by atoms with Crippen LogP contribution in [0, 0.1) is 27.7 Å². The summed E-state index contributed by atoms with van der Waals surface area (Å²) in [5, 5.41) is 5.17. The number of carbonyl (C=O) groups is 3. The lowest BCUT2D eigenvalue weighted by atomic mass is 10.1. The fourth-order valence-corrected chi connectivity index (χ4v) is 2.58. The number of ether oxygens (including phenoxy) is 1. The Labute approximate surface area is 158 Å². The minimum Gasteiger partial charge on any atom is -0.454 e. The highest BCUT2D eigenvalue weighted by Gasteiger charge is 2.12. The summed E-state index contributed by atoms with van der Waals surface area (Å²) in [6.45, 7) is 7.02. The smallest absolute Gasteiger partial charge is 0.325 e. The van der Waals surface area contributed by atoms with E-state index in [2.05, 4.69) is 10.6 Å². The van der Waals surface area contributed by atoms with Crippen LogP contribution in [0.15, 0.2) is 36.4 Å². The average molecular weight is 368 g/mol. The first-order chi connectivity index (χ1) is 12.7. The van der Waals surface area contributed by atoms with E-state index in [1.807, 2.05) is 52.0 Å². The highest BCUT2D eigenvalue weighted by molar-refractivity contribution is 5.96. The molecule has 0 unspecified atom stereocenters. The number of benzene rings is 2. The minimum absolute atomic E-state index is 0.303. The van der Waals surface area contributed by atoms with Gasteiger partial charge in [-0.2, -0.15) is 0 Å². The van der Waals surface area contributed by atoms with E-state index in [0.29, 0.717) is 11.3 Å². The third-order valence-corrected chi connectivity index (χ3v) is 4.03. The molecule has 142 valence electrons. The van der Waals surface area contributed by atoms with Crippen molar-refractivity contribution in [1.82, 2.24) is 5.32 Å². The van der Waals surface area contributed by atoms with Crippen LogP contribution in [-0.4, -0.2) is 30.9 Å². The molecule has 0 heterocycles. The number of esters is 1. The Balaban J connectivity index is 1.77. The number of hydrogen-bond donors (Lipinski definition) is 2. The van der Waals surface area contributed by atoms with Gasteiger partial charge < -0.3 is 15.4 Å². The molecule has 0 bridgehead atoms. The number of nitrogens with one attached hydrogen (secondary N) is 2. The van der Waals surface area contributed by atoms with E-state index in [4.69, 9.17) is 4.74 Å². The van der Waals surface area contributed by atoms with Crippen LogP contribution in [0.25, 0.3) is 0 Å². The van der Waals surface area contributed by atoms with Gasteiger partial charge in [-0.15, -0.1) is 0 Å². The van der Waals surface area contributed by atoms with Crippen LogP contribution in [0.3, 0.4) is 0 Å². The van der Waals surface area contributed by atoms with E-state index in [1.165, 1.54) is 0 Å². The molecular weight excluding hydrogens is 344 g/mol. The fourth-order valence-electron chi connectivity index (χ4n) is 2.58. The molecule has 6 heteroatoms. The van der Waals surface area contributed by atoms with Crippen LogP contribution in [0.4, 0.5) is 5.69 Å². The fraction of sp³-hybridized carbons (Fsp3) is 0.286. The summed E-state index contributed by atoms with van der Waals surface area (Å²) in [7, 11) is 0. The Hall–Kier alpha value is -3.15. The first-order valence-corrected chi connectivity index (χ1v) is 8.64. The van der Waals surface area contributed by atoms with Gasteiger partial charge in [-0.1, -0.05) is 12.1 Å². The maximum atomic E-state index is 12.1. The first-order valence-electron chi connectivity index (χ1n) is 8.64. The molecule has 2 N–H and O–H groups in total. The molecule has 0 aromatic heterocycles. The molecule has 0 fully saturated rings. The van der Waals surface area contributed by atoms with Crippen molar-refractivity contribution in [3.8, 4) is 0 Å². The van der Waals surface area contributed by atoms with Gasteiger partial charge >= 0.3 is 5.97 Å². The Kier molecular flexibility index (Phi) is 6.71. The van der Waals surface area contributed by atoms with Crippen molar-refractivity contribution in [3.05, 3.63) is 64.2 Å². The molecule has 2 aromatic rings. The van der Waals surface area contributed by atoms with Gasteiger partial charge in [-0.25, -0.2) is 0 Å². The molecule has 0 saturated carbocycles. The van der Waals surface area contributed by atoms with Crippen LogP contribution < -0.4 is 10.6 Å². The Morgan fingerprint density at radius 1 is 0.889 bits per heavy atom. The van der Waals surface area contributed by atoms with Crippen LogP contribution >= 0.6 is 0 Å². The molecule has 0 aliphatic rings. The Bertz CT molecular complexity index is 854. The number of carbonyl (C=O) groups excluding carboxylic acids is 3. The number of hydrogen-bond acceptors (Lipinski definition) is 4. The van der Waals surface area contributed by atoms with Crippen molar-refractivity contribution in [2.45, 2.75) is 27.7 Å². The standard InChI is InChI=1S/C21H24N2O4/c1-13-7-14(2)9-18(8-13)23-19(24)12-27-20(25)11-22-21(26)17-6-5-15(3)16(4)10-17/h5-10H,11-12H2,1-4H3,(H,22,26)(H,23,24). The molecule has 0 aliphatic heterocycles. The first kappa shape index (κ1) is 20.2. The third kappa shape index (κ3) is 6.26. The van der Waals surface area contributed by atoms with Gasteiger partial charge in [0.05, 0.1) is 0 Å². The molecule has 0 radical (unpaired) electrons. The summed E-state index contributed by atoms with van der Waals surface area (Å²) in [6, 6.07) is 11.0. The number of amides is 2. The average Bonchev–Trinajstić information content (AvgIpc) is 2.59. The highest BCUT2D eigenvalue weighted by atomic mass is 16.5. The second-order valence-corrected chi connectivity index (χ2v) is 6.57. The highest BCUT2D eigenvalue weighted by Crippen LogP contribution is 2.13. The van der Waals surface area contributed by atoms with Crippen LogP contribution in [0.5, 0.6) is 0 Å². The predicted octanol–water partition coefficient (Wildman–Crippen LogP) is 2.83. The molecule has 0 spiro atoms. The molecular formula is C21H24N2O4. The summed E-state index contributed by atoms with van der Waals surface area (Å²) in [5.41, 5.74) is 5.25. The normalized spacial score (nSPS) is 10.2. The van der Waals surface area contributed by atoms with Gasteiger partial charge in [0.1, 0.15) is 6.54 Å². The predicted molar refractivity (Wildman–Crippen MR) is 104 cm³/mol. The van der Waals surface area contributed by atoms with Gasteiger partial charge in [0.25, 0.3) is 11.8 Å². The SMILES string of the molecule is Cc1cc(C)cc(NC(=O)COC(=O)CNC(=O)c2ccc(C)c(C)c2)c1. The van der Waals surface area contributed by atoms with Crippen LogP contribution in [0.2, 0.25) is 0 Å². The Morgan fingerprint density at radius 2 is 1.56 bits per heavy atom. The molecule has 2 amide bonds. The van der Waals surface area contributed by atoms with E-state index in [0.717, 1.165) is 22.3 Å². The summed E-state index contributed by atoms with van der Waals surface area (Å²) in [5.74, 6) is -1.48. The maximum Gasteiger partial charge on any atom is 0.325 e. The number of rotatable bonds is 6. The number of aryl methyl sites for hydroxylation is 4. The van der Waals surface area contributed by atoms with E-state index >= 15 is 0 Å². The van der Waals surface area contributed by atoms with Gasteiger partial charge in [0.15, 0.2) is 6.61 Å². The maximum absolute atomic E-state index is 12.1. The minimum atomic E-state index is -0.678.